The van der Waals surface area contributed by atoms with Crippen molar-refractivity contribution < 1.29 is 5.11 Å². The third-order valence-electron chi connectivity index (χ3n) is 2.52. The molecule has 0 saturated heterocycles. The van der Waals surface area contributed by atoms with Gasteiger partial charge in [0.05, 0.1) is 6.10 Å². The molecule has 1 atom stereocenters. The van der Waals surface area contributed by atoms with Crippen molar-refractivity contribution in [1.82, 2.24) is 0 Å². The molecule has 0 aliphatic rings. The van der Waals surface area contributed by atoms with E-state index in [-0.39, 0.29) is 5.41 Å². The van der Waals surface area contributed by atoms with Gasteiger partial charge in [-0.05, 0) is 23.0 Å². The van der Waals surface area contributed by atoms with Crippen molar-refractivity contribution in [1.29, 1.82) is 0 Å². The minimum atomic E-state index is -0.432. The topological polar surface area (TPSA) is 20.2 Å². The highest BCUT2D eigenvalue weighted by Crippen LogP contribution is 2.30. The van der Waals surface area contributed by atoms with Crippen LogP contribution >= 0.6 is 0 Å². The lowest BCUT2D eigenvalue weighted by atomic mass is 9.82. The van der Waals surface area contributed by atoms with Gasteiger partial charge in [-0.25, -0.2) is 0 Å². The first-order valence-corrected chi connectivity index (χ1v) is 5.35. The van der Waals surface area contributed by atoms with E-state index in [4.69, 9.17) is 0 Å². The summed E-state index contributed by atoms with van der Waals surface area (Å²) in [7, 11) is 0. The van der Waals surface area contributed by atoms with Crippen molar-refractivity contribution in [3.63, 3.8) is 0 Å². The number of hydrogen-bond donors (Lipinski definition) is 1. The summed E-state index contributed by atoms with van der Waals surface area (Å²) in [5, 5.41) is 9.99. The summed E-state index contributed by atoms with van der Waals surface area (Å²) in [6.07, 6.45) is 1.93. The van der Waals surface area contributed by atoms with E-state index in [1.807, 2.05) is 18.2 Å². The fourth-order valence-electron chi connectivity index (χ4n) is 1.76. The van der Waals surface area contributed by atoms with Crippen LogP contribution in [-0.2, 0) is 5.41 Å². The molecule has 0 amide bonds. The molecule has 1 aromatic rings. The number of aliphatic hydroxyl groups excluding tert-OH is 1. The zero-order valence-corrected chi connectivity index (χ0v) is 9.83. The first kappa shape index (κ1) is 12.0. The molecule has 0 fully saturated rings. The van der Waals surface area contributed by atoms with Crippen molar-refractivity contribution >= 4 is 0 Å². The lowest BCUT2D eigenvalue weighted by Gasteiger charge is -2.24. The second-order valence-corrected chi connectivity index (χ2v) is 4.88. The quantitative estimate of drug-likeness (QED) is 0.746. The molecule has 0 saturated carbocycles. The first-order valence-electron chi connectivity index (χ1n) is 5.35. The molecule has 1 aromatic carbocycles. The maximum absolute atomic E-state index is 9.99. The molecule has 15 heavy (non-hydrogen) atoms. The molecule has 0 aliphatic carbocycles. The van der Waals surface area contributed by atoms with E-state index < -0.39 is 6.10 Å². The maximum atomic E-state index is 9.99. The van der Waals surface area contributed by atoms with Crippen molar-refractivity contribution in [3.05, 3.63) is 48.0 Å². The van der Waals surface area contributed by atoms with Gasteiger partial charge >= 0.3 is 0 Å². The van der Waals surface area contributed by atoms with Crippen LogP contribution in [-0.4, -0.2) is 5.11 Å². The average molecular weight is 204 g/mol. The van der Waals surface area contributed by atoms with Crippen molar-refractivity contribution in [2.45, 2.75) is 38.7 Å². The van der Waals surface area contributed by atoms with Crippen LogP contribution in [0.4, 0.5) is 0 Å². The Morgan fingerprint density at radius 1 is 1.33 bits per heavy atom. The molecule has 1 unspecified atom stereocenters. The van der Waals surface area contributed by atoms with Crippen molar-refractivity contribution in [2.75, 3.05) is 0 Å². The summed E-state index contributed by atoms with van der Waals surface area (Å²) >= 11 is 0. The van der Waals surface area contributed by atoms with Crippen LogP contribution in [0.3, 0.4) is 0 Å². The summed E-state index contributed by atoms with van der Waals surface area (Å²) in [5.41, 5.74) is 2.29. The third kappa shape index (κ3) is 2.93. The predicted molar refractivity (Wildman–Crippen MR) is 64.9 cm³/mol. The second kappa shape index (κ2) is 4.63. The highest BCUT2D eigenvalue weighted by Gasteiger charge is 2.20. The monoisotopic (exact) mass is 204 g/mol. The summed E-state index contributed by atoms with van der Waals surface area (Å²) in [4.78, 5) is 0. The van der Waals surface area contributed by atoms with Crippen molar-refractivity contribution in [2.24, 2.45) is 0 Å². The Labute approximate surface area is 92.5 Å². The fourth-order valence-corrected chi connectivity index (χ4v) is 1.76. The molecule has 1 heteroatoms. The van der Waals surface area contributed by atoms with Gasteiger partial charge in [-0.2, -0.15) is 0 Å². The standard InChI is InChI=1S/C14H20O/c1-5-8-13(15)11-9-6-7-10-12(11)14(2,3)4/h5-7,9-10,13,15H,1,8H2,2-4H3. The number of rotatable bonds is 3. The van der Waals surface area contributed by atoms with Crippen LogP contribution in [0, 0.1) is 0 Å². The molecule has 1 rings (SSSR count). The highest BCUT2D eigenvalue weighted by atomic mass is 16.3. The van der Waals surface area contributed by atoms with Crippen LogP contribution < -0.4 is 0 Å². The van der Waals surface area contributed by atoms with E-state index in [1.165, 1.54) is 5.56 Å². The van der Waals surface area contributed by atoms with Crippen LogP contribution in [0.15, 0.2) is 36.9 Å². The van der Waals surface area contributed by atoms with E-state index in [0.717, 1.165) is 5.56 Å². The minimum absolute atomic E-state index is 0.0682. The van der Waals surface area contributed by atoms with Gasteiger partial charge in [-0.3, -0.25) is 0 Å². The van der Waals surface area contributed by atoms with E-state index in [0.29, 0.717) is 6.42 Å². The Morgan fingerprint density at radius 3 is 2.47 bits per heavy atom. The van der Waals surface area contributed by atoms with Gasteiger partial charge < -0.3 is 5.11 Å². The Morgan fingerprint density at radius 2 is 1.93 bits per heavy atom. The molecule has 0 aliphatic heterocycles. The lowest BCUT2D eigenvalue weighted by Crippen LogP contribution is -2.15. The highest BCUT2D eigenvalue weighted by molar-refractivity contribution is 5.34. The van der Waals surface area contributed by atoms with E-state index >= 15 is 0 Å². The summed E-state index contributed by atoms with van der Waals surface area (Å²) in [6, 6.07) is 8.07. The SMILES string of the molecule is C=CCC(O)c1ccccc1C(C)(C)C. The van der Waals surface area contributed by atoms with E-state index in [1.54, 1.807) is 6.08 Å². The maximum Gasteiger partial charge on any atom is 0.0827 e. The lowest BCUT2D eigenvalue weighted by molar-refractivity contribution is 0.179. The minimum Gasteiger partial charge on any atom is -0.388 e. The van der Waals surface area contributed by atoms with Gasteiger partial charge in [0.1, 0.15) is 0 Å². The first-order chi connectivity index (χ1) is 6.96. The molecular weight excluding hydrogens is 184 g/mol. The average Bonchev–Trinajstić information content (AvgIpc) is 2.17. The smallest absolute Gasteiger partial charge is 0.0827 e. The molecule has 0 spiro atoms. The normalized spacial score (nSPS) is 13.6. The van der Waals surface area contributed by atoms with Crippen LogP contribution in [0.5, 0.6) is 0 Å². The van der Waals surface area contributed by atoms with Gasteiger partial charge in [0, 0.05) is 0 Å². The number of hydrogen-bond acceptors (Lipinski definition) is 1. The van der Waals surface area contributed by atoms with Crippen LogP contribution in [0.2, 0.25) is 0 Å². The molecular formula is C14H20O. The number of benzene rings is 1. The fraction of sp³-hybridized carbons (Fsp3) is 0.429. The molecule has 0 aromatic heterocycles. The number of aliphatic hydroxyl groups is 1. The second-order valence-electron chi connectivity index (χ2n) is 4.88. The van der Waals surface area contributed by atoms with Gasteiger partial charge in [-0.1, -0.05) is 51.1 Å². The van der Waals surface area contributed by atoms with Crippen molar-refractivity contribution in [3.8, 4) is 0 Å². The Bertz CT molecular complexity index is 333. The van der Waals surface area contributed by atoms with Crippen LogP contribution in [0.1, 0.15) is 44.4 Å². The predicted octanol–water partition coefficient (Wildman–Crippen LogP) is 3.59. The zero-order chi connectivity index (χ0) is 11.5. The largest absolute Gasteiger partial charge is 0.388 e. The van der Waals surface area contributed by atoms with E-state index in [2.05, 4.69) is 33.4 Å². The zero-order valence-electron chi connectivity index (χ0n) is 9.83. The Balaban J connectivity index is 3.12. The molecule has 0 bridgehead atoms. The van der Waals surface area contributed by atoms with E-state index in [9.17, 15) is 5.11 Å². The summed E-state index contributed by atoms with van der Waals surface area (Å²) in [6.45, 7) is 10.1. The Hall–Kier alpha value is -1.08. The molecule has 1 N–H and O–H groups in total. The molecule has 0 heterocycles. The molecule has 82 valence electrons. The Kier molecular flexibility index (Phi) is 3.70. The summed E-state index contributed by atoms with van der Waals surface area (Å²) in [5.74, 6) is 0. The van der Waals surface area contributed by atoms with Gasteiger partial charge in [-0.15, -0.1) is 6.58 Å². The third-order valence-corrected chi connectivity index (χ3v) is 2.52. The van der Waals surface area contributed by atoms with Crippen LogP contribution in [0.25, 0.3) is 0 Å². The molecule has 1 nitrogen and oxygen atoms in total. The van der Waals surface area contributed by atoms with Gasteiger partial charge in [0.15, 0.2) is 0 Å². The molecule has 0 radical (unpaired) electrons. The summed E-state index contributed by atoms with van der Waals surface area (Å²) < 4.78 is 0. The van der Waals surface area contributed by atoms with Gasteiger partial charge in [0.2, 0.25) is 0 Å². The van der Waals surface area contributed by atoms with Gasteiger partial charge in [0.25, 0.3) is 0 Å².